The zero-order valence-corrected chi connectivity index (χ0v) is 10.7. The van der Waals surface area contributed by atoms with Crippen molar-refractivity contribution < 1.29 is 24.1 Å². The molecule has 6 heteroatoms. The number of hydrogen-bond acceptors (Lipinski definition) is 6. The van der Waals surface area contributed by atoms with Crippen molar-refractivity contribution in [1.82, 2.24) is 4.90 Å². The molecular weight excluding hydrogens is 226 g/mol. The topological polar surface area (TPSA) is 68.2 Å². The third kappa shape index (κ3) is 10.2. The summed E-state index contributed by atoms with van der Waals surface area (Å²) in [6, 6.07) is 0. The number of rotatable bonds is 11. The van der Waals surface area contributed by atoms with Crippen molar-refractivity contribution in [2.45, 2.75) is 6.42 Å². The van der Waals surface area contributed by atoms with Gasteiger partial charge in [-0.15, -0.1) is 0 Å². The molecule has 1 N–H and O–H groups in total. The predicted octanol–water partition coefficient (Wildman–Crippen LogP) is -0.493. The molecule has 0 aliphatic heterocycles. The molecule has 0 radical (unpaired) electrons. The molecule has 0 amide bonds. The summed E-state index contributed by atoms with van der Waals surface area (Å²) >= 11 is 0. The van der Waals surface area contributed by atoms with Gasteiger partial charge in [-0.1, -0.05) is 0 Å². The normalized spacial score (nSPS) is 10.8. The number of esters is 1. The van der Waals surface area contributed by atoms with Crippen LogP contribution in [-0.2, 0) is 19.0 Å². The van der Waals surface area contributed by atoms with E-state index < -0.39 is 0 Å². The molecule has 6 nitrogen and oxygen atoms in total. The van der Waals surface area contributed by atoms with Gasteiger partial charge in [0.05, 0.1) is 40.0 Å². The van der Waals surface area contributed by atoms with Crippen molar-refractivity contribution in [3.05, 3.63) is 0 Å². The van der Waals surface area contributed by atoms with E-state index in [0.29, 0.717) is 39.3 Å². The van der Waals surface area contributed by atoms with Gasteiger partial charge in [0, 0.05) is 26.7 Å². The average molecular weight is 249 g/mol. The summed E-state index contributed by atoms with van der Waals surface area (Å²) in [6.45, 7) is 3.59. The Morgan fingerprint density at radius 1 is 1.12 bits per heavy atom. The van der Waals surface area contributed by atoms with Crippen molar-refractivity contribution in [3.63, 3.8) is 0 Å². The lowest BCUT2D eigenvalue weighted by Crippen LogP contribution is -2.33. The van der Waals surface area contributed by atoms with Gasteiger partial charge in [-0.2, -0.15) is 0 Å². The minimum atomic E-state index is -0.219. The molecule has 0 aromatic carbocycles. The molecule has 0 aliphatic rings. The number of methoxy groups -OCH3 is 2. The summed E-state index contributed by atoms with van der Waals surface area (Å²) in [7, 11) is 3.02. The lowest BCUT2D eigenvalue weighted by atomic mass is 10.3. The second-order valence-electron chi connectivity index (χ2n) is 3.50. The molecule has 0 rings (SSSR count). The second kappa shape index (κ2) is 11.8. The van der Waals surface area contributed by atoms with E-state index >= 15 is 0 Å². The molecule has 0 heterocycles. The highest BCUT2D eigenvalue weighted by Gasteiger charge is 2.08. The van der Waals surface area contributed by atoms with Crippen LogP contribution in [0.15, 0.2) is 0 Å². The first kappa shape index (κ1) is 16.3. The van der Waals surface area contributed by atoms with E-state index in [1.54, 1.807) is 7.11 Å². The van der Waals surface area contributed by atoms with Crippen LogP contribution in [0.4, 0.5) is 0 Å². The maximum atomic E-state index is 11.0. The Morgan fingerprint density at radius 3 is 2.41 bits per heavy atom. The van der Waals surface area contributed by atoms with Crippen molar-refractivity contribution in [1.29, 1.82) is 0 Å². The summed E-state index contributed by atoms with van der Waals surface area (Å²) in [4.78, 5) is 13.1. The minimum Gasteiger partial charge on any atom is -0.469 e. The number of aliphatic hydroxyl groups excluding tert-OH is 1. The van der Waals surface area contributed by atoms with Crippen LogP contribution in [0.25, 0.3) is 0 Å². The van der Waals surface area contributed by atoms with Gasteiger partial charge in [0.25, 0.3) is 0 Å². The summed E-state index contributed by atoms with van der Waals surface area (Å²) in [6.07, 6.45) is 0.361. The fourth-order valence-electron chi connectivity index (χ4n) is 1.27. The highest BCUT2D eigenvalue weighted by atomic mass is 16.5. The number of ether oxygens (including phenoxy) is 3. The largest absolute Gasteiger partial charge is 0.469 e. The average Bonchev–Trinajstić information content (AvgIpc) is 2.36. The third-order valence-electron chi connectivity index (χ3n) is 2.26. The molecule has 0 unspecified atom stereocenters. The molecule has 102 valence electrons. The summed E-state index contributed by atoms with van der Waals surface area (Å²) in [5, 5.41) is 8.56. The quantitative estimate of drug-likeness (QED) is 0.393. The van der Waals surface area contributed by atoms with E-state index in [4.69, 9.17) is 14.6 Å². The lowest BCUT2D eigenvalue weighted by Gasteiger charge is -2.21. The van der Waals surface area contributed by atoms with Crippen LogP contribution < -0.4 is 0 Å². The van der Waals surface area contributed by atoms with Crippen molar-refractivity contribution in [2.24, 2.45) is 0 Å². The van der Waals surface area contributed by atoms with Crippen molar-refractivity contribution in [3.8, 4) is 0 Å². The van der Waals surface area contributed by atoms with E-state index in [2.05, 4.69) is 9.64 Å². The molecule has 0 bridgehead atoms. The Morgan fingerprint density at radius 2 is 1.82 bits per heavy atom. The van der Waals surface area contributed by atoms with Crippen LogP contribution in [0.3, 0.4) is 0 Å². The van der Waals surface area contributed by atoms with Gasteiger partial charge in [-0.25, -0.2) is 0 Å². The van der Waals surface area contributed by atoms with Gasteiger partial charge < -0.3 is 19.3 Å². The van der Waals surface area contributed by atoms with Crippen LogP contribution in [0.2, 0.25) is 0 Å². The first-order chi connectivity index (χ1) is 8.24. The highest BCUT2D eigenvalue weighted by molar-refractivity contribution is 5.69. The predicted molar refractivity (Wildman–Crippen MR) is 62.9 cm³/mol. The van der Waals surface area contributed by atoms with Crippen LogP contribution in [-0.4, -0.2) is 76.3 Å². The molecule has 0 spiro atoms. The Balaban J connectivity index is 3.74. The molecule has 0 aromatic rings. The Labute approximate surface area is 102 Å². The molecule has 0 aromatic heterocycles. The monoisotopic (exact) mass is 249 g/mol. The first-order valence-electron chi connectivity index (χ1n) is 5.71. The summed E-state index contributed by atoms with van der Waals surface area (Å²) in [5.41, 5.74) is 0. The van der Waals surface area contributed by atoms with Crippen LogP contribution in [0, 0.1) is 0 Å². The summed E-state index contributed by atoms with van der Waals surface area (Å²) < 4.78 is 14.8. The zero-order chi connectivity index (χ0) is 12.9. The molecule has 0 aliphatic carbocycles. The molecule has 0 saturated heterocycles. The molecule has 0 atom stereocenters. The molecule has 17 heavy (non-hydrogen) atoms. The minimum absolute atomic E-state index is 0.0280. The van der Waals surface area contributed by atoms with Gasteiger partial charge in [0.2, 0.25) is 0 Å². The van der Waals surface area contributed by atoms with E-state index in [-0.39, 0.29) is 12.6 Å². The van der Waals surface area contributed by atoms with E-state index in [9.17, 15) is 4.79 Å². The number of carbonyl (C=O) groups excluding carboxylic acids is 1. The van der Waals surface area contributed by atoms with Gasteiger partial charge in [-0.3, -0.25) is 9.69 Å². The van der Waals surface area contributed by atoms with Gasteiger partial charge in [0.15, 0.2) is 0 Å². The Hall–Kier alpha value is -0.690. The Bertz CT molecular complexity index is 189. The third-order valence-corrected chi connectivity index (χ3v) is 2.26. The SMILES string of the molecule is COCCN(CCOCCO)CCC(=O)OC. The van der Waals surface area contributed by atoms with Crippen molar-refractivity contribution >= 4 is 5.97 Å². The number of hydrogen-bond donors (Lipinski definition) is 1. The van der Waals surface area contributed by atoms with E-state index in [1.807, 2.05) is 0 Å². The lowest BCUT2D eigenvalue weighted by molar-refractivity contribution is -0.141. The Kier molecular flexibility index (Phi) is 11.3. The number of nitrogens with zero attached hydrogens (tertiary/aromatic N) is 1. The second-order valence-corrected chi connectivity index (χ2v) is 3.50. The van der Waals surface area contributed by atoms with Crippen molar-refractivity contribution in [2.75, 3.05) is 60.3 Å². The maximum Gasteiger partial charge on any atom is 0.306 e. The van der Waals surface area contributed by atoms with E-state index in [0.717, 1.165) is 6.54 Å². The smallest absolute Gasteiger partial charge is 0.306 e. The zero-order valence-electron chi connectivity index (χ0n) is 10.7. The van der Waals surface area contributed by atoms with Gasteiger partial charge in [-0.05, 0) is 0 Å². The number of aliphatic hydroxyl groups is 1. The van der Waals surface area contributed by atoms with Crippen LogP contribution >= 0.6 is 0 Å². The van der Waals surface area contributed by atoms with Gasteiger partial charge >= 0.3 is 5.97 Å². The number of carbonyl (C=O) groups is 1. The van der Waals surface area contributed by atoms with Gasteiger partial charge in [0.1, 0.15) is 0 Å². The summed E-state index contributed by atoms with van der Waals surface area (Å²) in [5.74, 6) is -0.219. The fourth-order valence-corrected chi connectivity index (χ4v) is 1.27. The first-order valence-corrected chi connectivity index (χ1v) is 5.71. The molecular formula is C11H23NO5. The molecule has 0 saturated carbocycles. The van der Waals surface area contributed by atoms with Crippen LogP contribution in [0.1, 0.15) is 6.42 Å². The fraction of sp³-hybridized carbons (Fsp3) is 0.909. The maximum absolute atomic E-state index is 11.0. The standard InChI is InChI=1S/C11H23NO5/c1-15-8-5-12(4-3-11(14)16-2)6-9-17-10-7-13/h13H,3-10H2,1-2H3. The van der Waals surface area contributed by atoms with Crippen LogP contribution in [0.5, 0.6) is 0 Å². The molecule has 0 fully saturated rings. The van der Waals surface area contributed by atoms with E-state index in [1.165, 1.54) is 7.11 Å². The highest BCUT2D eigenvalue weighted by Crippen LogP contribution is 1.94.